The van der Waals surface area contributed by atoms with E-state index in [9.17, 15) is 0 Å². The van der Waals surface area contributed by atoms with Gasteiger partial charge < -0.3 is 5.32 Å². The van der Waals surface area contributed by atoms with Gasteiger partial charge in [0.2, 0.25) is 0 Å². The Morgan fingerprint density at radius 1 is 1.14 bits per heavy atom. The van der Waals surface area contributed by atoms with E-state index in [-0.39, 0.29) is 0 Å². The van der Waals surface area contributed by atoms with Crippen LogP contribution in [0.25, 0.3) is 5.69 Å². The molecule has 1 aromatic carbocycles. The minimum Gasteiger partial charge on any atom is -0.317 e. The van der Waals surface area contributed by atoms with Crippen molar-refractivity contribution in [3.63, 3.8) is 0 Å². The Kier molecular flexibility index (Phi) is 5.83. The molecule has 0 radical (unpaired) electrons. The van der Waals surface area contributed by atoms with E-state index in [1.807, 2.05) is 28.9 Å². The lowest BCUT2D eigenvalue weighted by Gasteiger charge is -2.09. The molecular formula is C17H24ClN3. The number of nitrogens with one attached hydrogen (secondary N) is 1. The molecule has 1 aromatic heterocycles. The third-order valence-corrected chi connectivity index (χ3v) is 4.04. The second kappa shape index (κ2) is 7.62. The first-order chi connectivity index (χ1) is 10.2. The van der Waals surface area contributed by atoms with Crippen LogP contribution in [0, 0.1) is 0 Å². The molecule has 21 heavy (non-hydrogen) atoms. The van der Waals surface area contributed by atoms with E-state index in [0.29, 0.717) is 0 Å². The lowest BCUT2D eigenvalue weighted by atomic mass is 10.1. The lowest BCUT2D eigenvalue weighted by molar-refractivity contribution is 0.709. The van der Waals surface area contributed by atoms with Crippen molar-refractivity contribution < 1.29 is 0 Å². The molecule has 0 spiro atoms. The summed E-state index contributed by atoms with van der Waals surface area (Å²) in [6.45, 7) is 8.47. The van der Waals surface area contributed by atoms with E-state index in [1.165, 1.54) is 17.0 Å². The molecule has 0 unspecified atom stereocenters. The normalized spacial score (nSPS) is 11.0. The SMILES string of the molecule is CCNCCc1c(CC)nn(-c2ccccc2Cl)c1CC. The number of para-hydroxylation sites is 1. The zero-order valence-corrected chi connectivity index (χ0v) is 13.9. The van der Waals surface area contributed by atoms with Crippen molar-refractivity contribution >= 4 is 11.6 Å². The van der Waals surface area contributed by atoms with Crippen LogP contribution < -0.4 is 5.32 Å². The number of rotatable bonds is 7. The number of halogens is 1. The van der Waals surface area contributed by atoms with Crippen LogP contribution in [0.15, 0.2) is 24.3 Å². The highest BCUT2D eigenvalue weighted by Crippen LogP contribution is 2.25. The topological polar surface area (TPSA) is 29.9 Å². The Morgan fingerprint density at radius 3 is 2.52 bits per heavy atom. The van der Waals surface area contributed by atoms with E-state index < -0.39 is 0 Å². The maximum Gasteiger partial charge on any atom is 0.0835 e. The highest BCUT2D eigenvalue weighted by atomic mass is 35.5. The Labute approximate surface area is 132 Å². The van der Waals surface area contributed by atoms with Gasteiger partial charge in [0.15, 0.2) is 0 Å². The van der Waals surface area contributed by atoms with Gasteiger partial charge in [0, 0.05) is 5.69 Å². The minimum atomic E-state index is 0.746. The van der Waals surface area contributed by atoms with Gasteiger partial charge in [-0.25, -0.2) is 4.68 Å². The quantitative estimate of drug-likeness (QED) is 0.789. The summed E-state index contributed by atoms with van der Waals surface area (Å²) in [6.07, 6.45) is 2.93. The van der Waals surface area contributed by atoms with Crippen LogP contribution in [0.2, 0.25) is 5.02 Å². The lowest BCUT2D eigenvalue weighted by Crippen LogP contribution is -2.17. The van der Waals surface area contributed by atoms with Gasteiger partial charge in [-0.3, -0.25) is 0 Å². The van der Waals surface area contributed by atoms with Crippen LogP contribution in [0.1, 0.15) is 37.7 Å². The average Bonchev–Trinajstić information content (AvgIpc) is 2.85. The van der Waals surface area contributed by atoms with Crippen LogP contribution in [0.4, 0.5) is 0 Å². The van der Waals surface area contributed by atoms with Gasteiger partial charge in [0.25, 0.3) is 0 Å². The van der Waals surface area contributed by atoms with E-state index in [2.05, 4.69) is 26.1 Å². The van der Waals surface area contributed by atoms with E-state index in [1.54, 1.807) is 0 Å². The summed E-state index contributed by atoms with van der Waals surface area (Å²) in [4.78, 5) is 0. The molecular weight excluding hydrogens is 282 g/mol. The second-order valence-electron chi connectivity index (χ2n) is 5.05. The molecule has 0 fully saturated rings. The molecule has 0 aliphatic carbocycles. The van der Waals surface area contributed by atoms with E-state index in [0.717, 1.165) is 43.1 Å². The molecule has 0 aliphatic rings. The van der Waals surface area contributed by atoms with Gasteiger partial charge >= 0.3 is 0 Å². The van der Waals surface area contributed by atoms with Gasteiger partial charge in [0.1, 0.15) is 0 Å². The first kappa shape index (κ1) is 16.1. The van der Waals surface area contributed by atoms with Crippen molar-refractivity contribution in [3.05, 3.63) is 46.2 Å². The Balaban J connectivity index is 2.45. The van der Waals surface area contributed by atoms with Crippen molar-refractivity contribution in [3.8, 4) is 5.69 Å². The highest BCUT2D eigenvalue weighted by Gasteiger charge is 2.17. The molecule has 0 saturated carbocycles. The number of aryl methyl sites for hydroxylation is 1. The van der Waals surface area contributed by atoms with Crippen LogP contribution >= 0.6 is 11.6 Å². The van der Waals surface area contributed by atoms with Gasteiger partial charge in [-0.1, -0.05) is 44.5 Å². The molecule has 1 N–H and O–H groups in total. The zero-order chi connectivity index (χ0) is 15.2. The number of likely N-dealkylation sites (N-methyl/N-ethyl adjacent to an activating group) is 1. The summed E-state index contributed by atoms with van der Waals surface area (Å²) in [5.74, 6) is 0. The Bertz CT molecular complexity index is 590. The summed E-state index contributed by atoms with van der Waals surface area (Å²) < 4.78 is 2.03. The Morgan fingerprint density at radius 2 is 1.90 bits per heavy atom. The monoisotopic (exact) mass is 305 g/mol. The van der Waals surface area contributed by atoms with Crippen molar-refractivity contribution in [2.45, 2.75) is 40.0 Å². The predicted octanol–water partition coefficient (Wildman–Crippen LogP) is 3.80. The largest absolute Gasteiger partial charge is 0.317 e. The molecule has 0 aliphatic heterocycles. The molecule has 0 amide bonds. The summed E-state index contributed by atoms with van der Waals surface area (Å²) in [7, 11) is 0. The molecule has 2 rings (SSSR count). The maximum atomic E-state index is 6.35. The summed E-state index contributed by atoms with van der Waals surface area (Å²) in [5.41, 5.74) is 4.81. The third kappa shape index (κ3) is 3.47. The molecule has 4 heteroatoms. The molecule has 114 valence electrons. The second-order valence-corrected chi connectivity index (χ2v) is 5.45. The average molecular weight is 306 g/mol. The van der Waals surface area contributed by atoms with Crippen LogP contribution in [0.3, 0.4) is 0 Å². The molecule has 0 saturated heterocycles. The molecule has 2 aromatic rings. The van der Waals surface area contributed by atoms with Gasteiger partial charge in [0.05, 0.1) is 16.4 Å². The fourth-order valence-electron chi connectivity index (χ4n) is 2.68. The van der Waals surface area contributed by atoms with Crippen molar-refractivity contribution in [2.24, 2.45) is 0 Å². The molecule has 1 heterocycles. The summed E-state index contributed by atoms with van der Waals surface area (Å²) in [5, 5.41) is 8.96. The number of hydrogen-bond donors (Lipinski definition) is 1. The number of benzene rings is 1. The fourth-order valence-corrected chi connectivity index (χ4v) is 2.90. The van der Waals surface area contributed by atoms with Crippen LogP contribution in [-0.4, -0.2) is 22.9 Å². The first-order valence-electron chi connectivity index (χ1n) is 7.78. The molecule has 0 atom stereocenters. The highest BCUT2D eigenvalue weighted by molar-refractivity contribution is 6.32. The predicted molar refractivity (Wildman–Crippen MR) is 89.6 cm³/mol. The summed E-state index contributed by atoms with van der Waals surface area (Å²) in [6, 6.07) is 7.91. The standard InChI is InChI=1S/C17H24ClN3/c1-4-15-13(11-12-19-6-3)16(5-2)21(20-15)17-10-8-7-9-14(17)18/h7-10,19H,4-6,11-12H2,1-3H3. The van der Waals surface area contributed by atoms with Gasteiger partial charge in [-0.05, 0) is 50.0 Å². The van der Waals surface area contributed by atoms with E-state index in [4.69, 9.17) is 16.7 Å². The maximum absolute atomic E-state index is 6.35. The van der Waals surface area contributed by atoms with E-state index >= 15 is 0 Å². The molecule has 3 nitrogen and oxygen atoms in total. The number of aromatic nitrogens is 2. The molecule has 0 bridgehead atoms. The third-order valence-electron chi connectivity index (χ3n) is 3.73. The summed E-state index contributed by atoms with van der Waals surface area (Å²) >= 11 is 6.35. The van der Waals surface area contributed by atoms with Crippen LogP contribution in [0.5, 0.6) is 0 Å². The zero-order valence-electron chi connectivity index (χ0n) is 13.1. The minimum absolute atomic E-state index is 0.746. The van der Waals surface area contributed by atoms with Crippen LogP contribution in [-0.2, 0) is 19.3 Å². The number of hydrogen-bond acceptors (Lipinski definition) is 2. The van der Waals surface area contributed by atoms with Crippen molar-refractivity contribution in [1.82, 2.24) is 15.1 Å². The van der Waals surface area contributed by atoms with Crippen molar-refractivity contribution in [2.75, 3.05) is 13.1 Å². The first-order valence-corrected chi connectivity index (χ1v) is 8.15. The fraction of sp³-hybridized carbons (Fsp3) is 0.471. The van der Waals surface area contributed by atoms with Gasteiger partial charge in [-0.2, -0.15) is 5.10 Å². The Hall–Kier alpha value is -1.32. The smallest absolute Gasteiger partial charge is 0.0835 e. The van der Waals surface area contributed by atoms with Crippen molar-refractivity contribution in [1.29, 1.82) is 0 Å². The number of nitrogens with zero attached hydrogens (tertiary/aromatic N) is 2. The van der Waals surface area contributed by atoms with Gasteiger partial charge in [-0.15, -0.1) is 0 Å².